The summed E-state index contributed by atoms with van der Waals surface area (Å²) in [7, 11) is -1.24. The largest absolute Gasteiger partial charge is 0.230 e. The van der Waals surface area contributed by atoms with E-state index in [9.17, 15) is 4.21 Å². The molecule has 0 aliphatic heterocycles. The lowest BCUT2D eigenvalue weighted by Gasteiger charge is -1.99. The molecule has 0 fully saturated rings. The van der Waals surface area contributed by atoms with E-state index in [0.29, 0.717) is 5.92 Å². The molecular weight excluding hydrogens is 206 g/mol. The molecule has 0 N–H and O–H groups in total. The van der Waals surface area contributed by atoms with Gasteiger partial charge in [-0.3, -0.25) is 0 Å². The second-order valence-corrected chi connectivity index (χ2v) is 4.88. The third-order valence-corrected chi connectivity index (χ3v) is 3.27. The Labute approximate surface area is 94.0 Å². The number of aryl methyl sites for hydroxylation is 1. The highest BCUT2D eigenvalue weighted by atomic mass is 32.2. The van der Waals surface area contributed by atoms with Crippen LogP contribution in [0.4, 0.5) is 0 Å². The number of hydrogen-bond acceptors (Lipinski definition) is 1. The highest BCUT2D eigenvalue weighted by Gasteiger charge is 2.00. The third-order valence-electron chi connectivity index (χ3n) is 2.28. The van der Waals surface area contributed by atoms with E-state index in [0.717, 1.165) is 11.3 Å². The van der Waals surface area contributed by atoms with E-state index < -0.39 is 11.0 Å². The highest BCUT2D eigenvalue weighted by molar-refractivity contribution is 7.83. The SMILES string of the molecule is CCC(C)C=NS(=O)c1ccc(C)cc1. The Hall–Kier alpha value is -0.960. The zero-order valence-electron chi connectivity index (χ0n) is 9.43. The number of rotatable bonds is 4. The monoisotopic (exact) mass is 223 g/mol. The van der Waals surface area contributed by atoms with Gasteiger partial charge in [-0.2, -0.15) is 4.40 Å². The molecule has 0 spiro atoms. The minimum atomic E-state index is -1.24. The van der Waals surface area contributed by atoms with Gasteiger partial charge in [-0.25, -0.2) is 4.21 Å². The maximum Gasteiger partial charge on any atom is 0.172 e. The van der Waals surface area contributed by atoms with Gasteiger partial charge >= 0.3 is 0 Å². The van der Waals surface area contributed by atoms with E-state index in [1.54, 1.807) is 6.21 Å². The van der Waals surface area contributed by atoms with E-state index in [1.807, 2.05) is 31.2 Å². The van der Waals surface area contributed by atoms with Crippen molar-refractivity contribution in [3.8, 4) is 0 Å². The Morgan fingerprint density at radius 3 is 2.53 bits per heavy atom. The lowest BCUT2D eigenvalue weighted by molar-refractivity contribution is 0.683. The van der Waals surface area contributed by atoms with Crippen molar-refractivity contribution < 1.29 is 4.21 Å². The van der Waals surface area contributed by atoms with Gasteiger partial charge in [0.15, 0.2) is 11.0 Å². The molecule has 0 aromatic heterocycles. The first kappa shape index (κ1) is 12.1. The Bertz CT molecular complexity index is 356. The van der Waals surface area contributed by atoms with Gasteiger partial charge in [0.2, 0.25) is 0 Å². The zero-order valence-corrected chi connectivity index (χ0v) is 10.3. The summed E-state index contributed by atoms with van der Waals surface area (Å²) in [5.74, 6) is 0.388. The van der Waals surface area contributed by atoms with Gasteiger partial charge < -0.3 is 0 Å². The van der Waals surface area contributed by atoms with Gasteiger partial charge in [-0.1, -0.05) is 31.5 Å². The van der Waals surface area contributed by atoms with Crippen LogP contribution in [0, 0.1) is 12.8 Å². The Morgan fingerprint density at radius 2 is 2.00 bits per heavy atom. The maximum absolute atomic E-state index is 11.7. The fourth-order valence-electron chi connectivity index (χ4n) is 0.980. The predicted molar refractivity (Wildman–Crippen MR) is 65.5 cm³/mol. The second kappa shape index (κ2) is 5.81. The van der Waals surface area contributed by atoms with Crippen LogP contribution >= 0.6 is 0 Å². The molecule has 82 valence electrons. The number of hydrogen-bond donors (Lipinski definition) is 0. The van der Waals surface area contributed by atoms with Crippen molar-refractivity contribution in [2.24, 2.45) is 10.3 Å². The minimum absolute atomic E-state index is 0.388. The molecule has 1 rings (SSSR count). The van der Waals surface area contributed by atoms with Gasteiger partial charge in [-0.05, 0) is 31.4 Å². The maximum atomic E-state index is 11.7. The second-order valence-electron chi connectivity index (χ2n) is 3.70. The molecule has 0 aliphatic rings. The topological polar surface area (TPSA) is 29.4 Å². The van der Waals surface area contributed by atoms with Crippen molar-refractivity contribution in [2.45, 2.75) is 32.1 Å². The fraction of sp³-hybridized carbons (Fsp3) is 0.417. The van der Waals surface area contributed by atoms with E-state index in [1.165, 1.54) is 5.56 Å². The molecule has 15 heavy (non-hydrogen) atoms. The van der Waals surface area contributed by atoms with Gasteiger partial charge in [0.05, 0.1) is 4.90 Å². The van der Waals surface area contributed by atoms with Crippen LogP contribution in [0.3, 0.4) is 0 Å². The lowest BCUT2D eigenvalue weighted by Crippen LogP contribution is -1.95. The van der Waals surface area contributed by atoms with Crippen molar-refractivity contribution >= 4 is 17.2 Å². The molecule has 0 saturated carbocycles. The van der Waals surface area contributed by atoms with Crippen molar-refractivity contribution in [1.29, 1.82) is 0 Å². The minimum Gasteiger partial charge on any atom is -0.230 e. The Morgan fingerprint density at radius 1 is 1.40 bits per heavy atom. The first-order valence-corrected chi connectivity index (χ1v) is 6.27. The van der Waals surface area contributed by atoms with Gasteiger partial charge in [0.1, 0.15) is 0 Å². The summed E-state index contributed by atoms with van der Waals surface area (Å²) in [6.07, 6.45) is 2.80. The third kappa shape index (κ3) is 3.96. The standard InChI is InChI=1S/C12H17NOS/c1-4-10(2)9-13-15(14)12-7-5-11(3)6-8-12/h5-10H,4H2,1-3H3. The highest BCUT2D eigenvalue weighted by Crippen LogP contribution is 2.09. The summed E-state index contributed by atoms with van der Waals surface area (Å²) in [6, 6.07) is 7.62. The molecule has 0 saturated heterocycles. The molecule has 0 radical (unpaired) electrons. The number of nitrogens with zero attached hydrogens (tertiary/aromatic N) is 1. The number of benzene rings is 1. The molecule has 1 aromatic rings. The van der Waals surface area contributed by atoms with Gasteiger partial charge in [-0.15, -0.1) is 0 Å². The van der Waals surface area contributed by atoms with Crippen LogP contribution in [0.5, 0.6) is 0 Å². The molecule has 3 heteroatoms. The van der Waals surface area contributed by atoms with Crippen LogP contribution in [0.25, 0.3) is 0 Å². The first-order valence-electron chi connectivity index (χ1n) is 5.16. The van der Waals surface area contributed by atoms with E-state index in [4.69, 9.17) is 0 Å². The fourth-order valence-corrected chi connectivity index (χ4v) is 1.79. The molecular formula is C12H17NOS. The molecule has 2 nitrogen and oxygen atoms in total. The average Bonchev–Trinajstić information content (AvgIpc) is 2.26. The van der Waals surface area contributed by atoms with Crippen molar-refractivity contribution in [1.82, 2.24) is 0 Å². The first-order chi connectivity index (χ1) is 7.13. The van der Waals surface area contributed by atoms with E-state index in [2.05, 4.69) is 18.2 Å². The van der Waals surface area contributed by atoms with Crippen molar-refractivity contribution in [3.63, 3.8) is 0 Å². The lowest BCUT2D eigenvalue weighted by atomic mass is 10.1. The smallest absolute Gasteiger partial charge is 0.172 e. The molecule has 0 aliphatic carbocycles. The normalized spacial score (nSPS) is 15.4. The molecule has 2 unspecified atom stereocenters. The van der Waals surface area contributed by atoms with Crippen LogP contribution in [-0.4, -0.2) is 10.4 Å². The van der Waals surface area contributed by atoms with Crippen molar-refractivity contribution in [3.05, 3.63) is 29.8 Å². The summed E-state index contributed by atoms with van der Waals surface area (Å²) in [5.41, 5.74) is 1.17. The van der Waals surface area contributed by atoms with Crippen molar-refractivity contribution in [2.75, 3.05) is 0 Å². The average molecular weight is 223 g/mol. The van der Waals surface area contributed by atoms with Crippen LogP contribution in [0.15, 0.2) is 33.6 Å². The van der Waals surface area contributed by atoms with Crippen LogP contribution < -0.4 is 0 Å². The predicted octanol–water partition coefficient (Wildman–Crippen LogP) is 3.13. The van der Waals surface area contributed by atoms with Gasteiger partial charge in [0, 0.05) is 6.21 Å². The summed E-state index contributed by atoms with van der Waals surface area (Å²) in [5, 5.41) is 0. The van der Waals surface area contributed by atoms with Crippen LogP contribution in [0.1, 0.15) is 25.8 Å². The summed E-state index contributed by atoms with van der Waals surface area (Å²) in [4.78, 5) is 0.764. The Balaban J connectivity index is 2.69. The summed E-state index contributed by atoms with van der Waals surface area (Å²) in [6.45, 7) is 6.16. The molecule has 2 atom stereocenters. The summed E-state index contributed by atoms with van der Waals surface area (Å²) >= 11 is 0. The molecule has 1 aromatic carbocycles. The molecule has 0 heterocycles. The quantitative estimate of drug-likeness (QED) is 0.721. The molecule has 0 bridgehead atoms. The van der Waals surface area contributed by atoms with E-state index in [-0.39, 0.29) is 0 Å². The zero-order chi connectivity index (χ0) is 11.3. The summed E-state index contributed by atoms with van der Waals surface area (Å²) < 4.78 is 15.7. The Kier molecular flexibility index (Phi) is 4.69. The molecule has 0 amide bonds. The van der Waals surface area contributed by atoms with Crippen LogP contribution in [-0.2, 0) is 11.0 Å². The van der Waals surface area contributed by atoms with E-state index >= 15 is 0 Å². The van der Waals surface area contributed by atoms with Gasteiger partial charge in [0.25, 0.3) is 0 Å². The van der Waals surface area contributed by atoms with Crippen LogP contribution in [0.2, 0.25) is 0 Å².